The molecule has 1 saturated heterocycles. The number of amides is 3. The standard InChI is InChI=1S/C21H27ClN6O2/c1-14-9-15(6-7-18(14)22)11-24-21(30)27(3)17-5-4-8-28(13-17)19-10-16(12-25-26-19)20(29)23-2/h6-7,9-10,12,17H,4-5,8,11,13H2,1-3H3,(H,23,29)(H,24,30)/t17-/m1/s1. The number of rotatable bonds is 5. The van der Waals surface area contributed by atoms with Crippen molar-refractivity contribution in [2.24, 2.45) is 0 Å². The molecule has 0 bridgehead atoms. The van der Waals surface area contributed by atoms with E-state index in [1.807, 2.05) is 32.2 Å². The smallest absolute Gasteiger partial charge is 0.317 e. The quantitative estimate of drug-likeness (QED) is 0.760. The number of hydrogen-bond acceptors (Lipinski definition) is 5. The number of aromatic nitrogens is 2. The Balaban J connectivity index is 1.60. The van der Waals surface area contributed by atoms with Crippen molar-refractivity contribution in [2.75, 3.05) is 32.1 Å². The molecule has 1 fully saturated rings. The number of anilines is 1. The first-order valence-corrected chi connectivity index (χ1v) is 10.3. The van der Waals surface area contributed by atoms with Gasteiger partial charge in [-0.2, -0.15) is 5.10 Å². The first kappa shape index (κ1) is 21.8. The van der Waals surface area contributed by atoms with Gasteiger partial charge in [-0.1, -0.05) is 23.7 Å². The molecule has 1 atom stereocenters. The van der Waals surface area contributed by atoms with Gasteiger partial charge in [0, 0.05) is 38.8 Å². The number of carbonyl (C=O) groups excluding carboxylic acids is 2. The first-order valence-electron chi connectivity index (χ1n) is 9.94. The van der Waals surface area contributed by atoms with Crippen LogP contribution in [-0.2, 0) is 6.54 Å². The Labute approximate surface area is 181 Å². The number of piperidine rings is 1. The number of benzene rings is 1. The number of nitrogens with one attached hydrogen (secondary N) is 2. The van der Waals surface area contributed by atoms with Crippen LogP contribution in [-0.4, -0.2) is 60.3 Å². The average molecular weight is 431 g/mol. The molecule has 3 amide bonds. The van der Waals surface area contributed by atoms with Crippen LogP contribution in [0.4, 0.5) is 10.6 Å². The van der Waals surface area contributed by atoms with E-state index in [9.17, 15) is 9.59 Å². The number of aryl methyl sites for hydroxylation is 1. The third kappa shape index (κ3) is 5.18. The predicted octanol–water partition coefficient (Wildman–Crippen LogP) is 2.61. The van der Waals surface area contributed by atoms with Crippen molar-refractivity contribution in [3.63, 3.8) is 0 Å². The van der Waals surface area contributed by atoms with E-state index in [-0.39, 0.29) is 18.0 Å². The van der Waals surface area contributed by atoms with Crippen LogP contribution < -0.4 is 15.5 Å². The van der Waals surface area contributed by atoms with Crippen molar-refractivity contribution in [3.05, 3.63) is 52.2 Å². The fourth-order valence-electron chi connectivity index (χ4n) is 3.54. The molecule has 2 N–H and O–H groups in total. The second kappa shape index (κ2) is 9.75. The molecule has 0 unspecified atom stereocenters. The molecule has 1 aliphatic heterocycles. The van der Waals surface area contributed by atoms with Crippen LogP contribution in [0.15, 0.2) is 30.5 Å². The van der Waals surface area contributed by atoms with Gasteiger partial charge in [-0.15, -0.1) is 5.10 Å². The van der Waals surface area contributed by atoms with Gasteiger partial charge in [0.25, 0.3) is 5.91 Å². The van der Waals surface area contributed by atoms with Crippen LogP contribution >= 0.6 is 11.6 Å². The molecule has 1 aliphatic rings. The Morgan fingerprint density at radius 2 is 2.13 bits per heavy atom. The topological polar surface area (TPSA) is 90.5 Å². The summed E-state index contributed by atoms with van der Waals surface area (Å²) >= 11 is 6.06. The van der Waals surface area contributed by atoms with Crippen LogP contribution in [0.25, 0.3) is 0 Å². The van der Waals surface area contributed by atoms with E-state index in [1.54, 1.807) is 18.0 Å². The largest absolute Gasteiger partial charge is 0.355 e. The Morgan fingerprint density at radius 3 is 2.87 bits per heavy atom. The third-order valence-electron chi connectivity index (χ3n) is 5.39. The van der Waals surface area contributed by atoms with Crippen LogP contribution in [0.3, 0.4) is 0 Å². The van der Waals surface area contributed by atoms with Gasteiger partial charge in [-0.25, -0.2) is 4.79 Å². The Kier molecular flexibility index (Phi) is 7.10. The molecular weight excluding hydrogens is 404 g/mol. The van der Waals surface area contributed by atoms with E-state index in [1.165, 1.54) is 6.20 Å². The summed E-state index contributed by atoms with van der Waals surface area (Å²) in [6, 6.07) is 7.38. The monoisotopic (exact) mass is 430 g/mol. The van der Waals surface area contributed by atoms with E-state index < -0.39 is 0 Å². The molecule has 1 aromatic carbocycles. The summed E-state index contributed by atoms with van der Waals surface area (Å²) in [5, 5.41) is 14.4. The van der Waals surface area contributed by atoms with Gasteiger partial charge >= 0.3 is 6.03 Å². The lowest BCUT2D eigenvalue weighted by atomic mass is 10.0. The molecule has 3 rings (SSSR count). The van der Waals surface area contributed by atoms with Crippen LogP contribution in [0, 0.1) is 6.92 Å². The van der Waals surface area contributed by atoms with Crippen LogP contribution in [0.5, 0.6) is 0 Å². The average Bonchev–Trinajstić information content (AvgIpc) is 2.78. The summed E-state index contributed by atoms with van der Waals surface area (Å²) in [7, 11) is 3.39. The summed E-state index contributed by atoms with van der Waals surface area (Å²) in [5.74, 6) is 0.444. The number of hydrogen-bond donors (Lipinski definition) is 2. The fraction of sp³-hybridized carbons (Fsp3) is 0.429. The third-order valence-corrected chi connectivity index (χ3v) is 5.81. The SMILES string of the molecule is CNC(=O)c1cnnc(N2CCC[C@@H](N(C)C(=O)NCc3ccc(Cl)c(C)c3)C2)c1. The molecule has 0 saturated carbocycles. The zero-order valence-corrected chi connectivity index (χ0v) is 18.2. The molecule has 0 aliphatic carbocycles. The molecule has 0 spiro atoms. The minimum absolute atomic E-state index is 0.0381. The predicted molar refractivity (Wildman–Crippen MR) is 117 cm³/mol. The first-order chi connectivity index (χ1) is 14.4. The molecule has 2 aromatic rings. The van der Waals surface area contributed by atoms with Crippen molar-refractivity contribution in [2.45, 2.75) is 32.4 Å². The summed E-state index contributed by atoms with van der Waals surface area (Å²) in [6.07, 6.45) is 3.27. The number of nitrogens with zero attached hydrogens (tertiary/aromatic N) is 4. The Hall–Kier alpha value is -2.87. The minimum atomic E-state index is -0.200. The van der Waals surface area contributed by atoms with E-state index >= 15 is 0 Å². The van der Waals surface area contributed by atoms with Crippen LogP contribution in [0.1, 0.15) is 34.3 Å². The number of halogens is 1. The van der Waals surface area contributed by atoms with Crippen LogP contribution in [0.2, 0.25) is 5.02 Å². The lowest BCUT2D eigenvalue weighted by Gasteiger charge is -2.38. The van der Waals surface area contributed by atoms with Gasteiger partial charge in [0.1, 0.15) is 0 Å². The molecule has 30 heavy (non-hydrogen) atoms. The van der Waals surface area contributed by atoms with E-state index in [4.69, 9.17) is 11.6 Å². The normalized spacial score (nSPS) is 16.1. The molecule has 2 heterocycles. The molecule has 160 valence electrons. The van der Waals surface area contributed by atoms with Crippen molar-refractivity contribution in [1.29, 1.82) is 0 Å². The van der Waals surface area contributed by atoms with Gasteiger partial charge in [0.15, 0.2) is 5.82 Å². The number of carbonyl (C=O) groups is 2. The van der Waals surface area contributed by atoms with E-state index in [2.05, 4.69) is 25.7 Å². The number of likely N-dealkylation sites (N-methyl/N-ethyl adjacent to an activating group) is 1. The molecule has 0 radical (unpaired) electrons. The molecular formula is C21H27ClN6O2. The Bertz CT molecular complexity index is 922. The summed E-state index contributed by atoms with van der Waals surface area (Å²) in [5.41, 5.74) is 2.46. The highest BCUT2D eigenvalue weighted by atomic mass is 35.5. The highest BCUT2D eigenvalue weighted by molar-refractivity contribution is 6.31. The zero-order chi connectivity index (χ0) is 21.7. The number of urea groups is 1. The van der Waals surface area contributed by atoms with Crippen molar-refractivity contribution >= 4 is 29.4 Å². The maximum Gasteiger partial charge on any atom is 0.317 e. The van der Waals surface area contributed by atoms with Gasteiger partial charge in [-0.05, 0) is 43.0 Å². The zero-order valence-electron chi connectivity index (χ0n) is 17.5. The van der Waals surface area contributed by atoms with Gasteiger partial charge in [-0.3, -0.25) is 4.79 Å². The fourth-order valence-corrected chi connectivity index (χ4v) is 3.66. The van der Waals surface area contributed by atoms with Gasteiger partial charge < -0.3 is 20.4 Å². The molecule has 9 heteroatoms. The lowest BCUT2D eigenvalue weighted by Crippen LogP contribution is -2.51. The highest BCUT2D eigenvalue weighted by Gasteiger charge is 2.27. The van der Waals surface area contributed by atoms with Crippen molar-refractivity contribution in [1.82, 2.24) is 25.7 Å². The van der Waals surface area contributed by atoms with Crippen molar-refractivity contribution < 1.29 is 9.59 Å². The van der Waals surface area contributed by atoms with Gasteiger partial charge in [0.05, 0.1) is 17.8 Å². The maximum atomic E-state index is 12.7. The molecule has 1 aromatic heterocycles. The second-order valence-electron chi connectivity index (χ2n) is 7.48. The van der Waals surface area contributed by atoms with E-state index in [0.717, 1.165) is 30.5 Å². The van der Waals surface area contributed by atoms with E-state index in [0.29, 0.717) is 29.5 Å². The Morgan fingerprint density at radius 1 is 1.33 bits per heavy atom. The summed E-state index contributed by atoms with van der Waals surface area (Å²) in [4.78, 5) is 28.4. The molecule has 8 nitrogen and oxygen atoms in total. The highest BCUT2D eigenvalue weighted by Crippen LogP contribution is 2.21. The maximum absolute atomic E-state index is 12.7. The van der Waals surface area contributed by atoms with Crippen molar-refractivity contribution in [3.8, 4) is 0 Å². The minimum Gasteiger partial charge on any atom is -0.355 e. The second-order valence-corrected chi connectivity index (χ2v) is 7.88. The summed E-state index contributed by atoms with van der Waals surface area (Å²) < 4.78 is 0. The summed E-state index contributed by atoms with van der Waals surface area (Å²) in [6.45, 7) is 3.83. The van der Waals surface area contributed by atoms with Gasteiger partial charge in [0.2, 0.25) is 0 Å². The lowest BCUT2D eigenvalue weighted by molar-refractivity contribution is 0.0962.